The molecule has 11 heteroatoms. The van der Waals surface area contributed by atoms with Crippen LogP contribution in [0.5, 0.6) is 11.6 Å². The van der Waals surface area contributed by atoms with Crippen molar-refractivity contribution in [1.29, 1.82) is 10.5 Å². The van der Waals surface area contributed by atoms with Crippen molar-refractivity contribution in [1.82, 2.24) is 19.8 Å². The minimum Gasteiger partial charge on any atom is -0.444 e. The molecule has 2 aromatic carbocycles. The molecule has 0 radical (unpaired) electrons. The summed E-state index contributed by atoms with van der Waals surface area (Å²) < 4.78 is 12.0. The molecule has 1 aromatic heterocycles. The van der Waals surface area contributed by atoms with E-state index < -0.39 is 17.7 Å². The fraction of sp³-hybridized carbons (Fsp3) is 0.394. The summed E-state index contributed by atoms with van der Waals surface area (Å²) >= 11 is 0. The van der Waals surface area contributed by atoms with Gasteiger partial charge in [-0.15, -0.1) is 0 Å². The molecule has 0 spiro atoms. The lowest BCUT2D eigenvalue weighted by Crippen LogP contribution is -2.50. The first-order chi connectivity index (χ1) is 21.0. The van der Waals surface area contributed by atoms with E-state index in [1.54, 1.807) is 41.3 Å². The fourth-order valence-corrected chi connectivity index (χ4v) is 5.52. The maximum atomic E-state index is 13.8. The standard InChI is InChI=1S/C33H35N7O4/c1-20-15-23(18-35)16-21(2)28(20)43-29-25-19-39(30(41)27-7-6-13-40(27)32(42)44-33(3,4)5)14-12-26(25)37-31(38-29)36-24-10-8-22(17-34)9-11-24/h8-11,15-16,27H,6-7,12-14,19H2,1-5H3,(H,36,37,38). The maximum absolute atomic E-state index is 13.8. The first-order valence-corrected chi connectivity index (χ1v) is 14.6. The maximum Gasteiger partial charge on any atom is 0.410 e. The third-order valence-electron chi connectivity index (χ3n) is 7.56. The molecule has 1 N–H and O–H groups in total. The lowest BCUT2D eigenvalue weighted by Gasteiger charge is -2.34. The summed E-state index contributed by atoms with van der Waals surface area (Å²) in [5.74, 6) is 1.05. The predicted molar refractivity (Wildman–Crippen MR) is 162 cm³/mol. The Balaban J connectivity index is 1.46. The first kappa shape index (κ1) is 30.3. The van der Waals surface area contributed by atoms with Gasteiger partial charge in [-0.25, -0.2) is 9.78 Å². The van der Waals surface area contributed by atoms with Crippen molar-refractivity contribution in [2.24, 2.45) is 0 Å². The first-order valence-electron chi connectivity index (χ1n) is 14.6. The normalized spacial score (nSPS) is 16.0. The number of rotatable bonds is 5. The second-order valence-corrected chi connectivity index (χ2v) is 12.1. The molecule has 1 saturated heterocycles. The number of amides is 2. The molecule has 1 fully saturated rings. The topological polar surface area (TPSA) is 144 Å². The Morgan fingerprint density at radius 2 is 1.68 bits per heavy atom. The largest absolute Gasteiger partial charge is 0.444 e. The summed E-state index contributed by atoms with van der Waals surface area (Å²) in [5.41, 5.74) is 4.09. The predicted octanol–water partition coefficient (Wildman–Crippen LogP) is 5.66. The SMILES string of the molecule is Cc1cc(C#N)cc(C)c1Oc1nc(Nc2ccc(C#N)cc2)nc2c1CN(C(=O)C1CCCN1C(=O)OC(C)(C)C)CC2. The second-order valence-electron chi connectivity index (χ2n) is 12.1. The molecule has 2 aliphatic heterocycles. The van der Waals surface area contributed by atoms with Crippen molar-refractivity contribution in [2.75, 3.05) is 18.4 Å². The van der Waals surface area contributed by atoms with E-state index in [4.69, 9.17) is 24.7 Å². The summed E-state index contributed by atoms with van der Waals surface area (Å²) in [5, 5.41) is 21.7. The third-order valence-corrected chi connectivity index (χ3v) is 7.56. The van der Waals surface area contributed by atoms with Gasteiger partial charge in [-0.3, -0.25) is 9.69 Å². The van der Waals surface area contributed by atoms with Crippen LogP contribution in [0.4, 0.5) is 16.4 Å². The Kier molecular flexibility index (Phi) is 8.41. The Hall–Kier alpha value is -5.16. The second kappa shape index (κ2) is 12.2. The van der Waals surface area contributed by atoms with E-state index in [1.165, 1.54) is 4.90 Å². The van der Waals surface area contributed by atoms with Crippen LogP contribution in [-0.4, -0.2) is 56.5 Å². The van der Waals surface area contributed by atoms with Crippen molar-refractivity contribution in [3.63, 3.8) is 0 Å². The van der Waals surface area contributed by atoms with Gasteiger partial charge in [0.15, 0.2) is 0 Å². The van der Waals surface area contributed by atoms with Gasteiger partial charge in [0, 0.05) is 25.2 Å². The van der Waals surface area contributed by atoms with Gasteiger partial charge in [0.1, 0.15) is 17.4 Å². The molecular weight excluding hydrogens is 558 g/mol. The summed E-state index contributed by atoms with van der Waals surface area (Å²) in [4.78, 5) is 39.5. The number of anilines is 2. The van der Waals surface area contributed by atoms with Crippen LogP contribution in [-0.2, 0) is 22.5 Å². The zero-order valence-electron chi connectivity index (χ0n) is 25.6. The number of nitrogens with zero attached hydrogens (tertiary/aromatic N) is 6. The van der Waals surface area contributed by atoms with Crippen molar-refractivity contribution >= 4 is 23.6 Å². The van der Waals surface area contributed by atoms with Crippen LogP contribution < -0.4 is 10.1 Å². The third kappa shape index (κ3) is 6.57. The molecule has 0 bridgehead atoms. The van der Waals surface area contributed by atoms with Gasteiger partial charge in [-0.1, -0.05) is 0 Å². The molecule has 1 unspecified atom stereocenters. The Labute approximate surface area is 257 Å². The number of hydrogen-bond donors (Lipinski definition) is 1. The number of aromatic nitrogens is 2. The van der Waals surface area contributed by atoms with Crippen molar-refractivity contribution in [3.05, 3.63) is 69.9 Å². The van der Waals surface area contributed by atoms with E-state index in [1.807, 2.05) is 34.6 Å². The van der Waals surface area contributed by atoms with Gasteiger partial charge in [0.25, 0.3) is 0 Å². The van der Waals surface area contributed by atoms with E-state index in [0.29, 0.717) is 65.9 Å². The molecule has 2 aliphatic rings. The molecule has 226 valence electrons. The number of fused-ring (bicyclic) bond motifs is 1. The summed E-state index contributed by atoms with van der Waals surface area (Å²) in [7, 11) is 0. The number of benzene rings is 2. The quantitative estimate of drug-likeness (QED) is 0.396. The Morgan fingerprint density at radius 1 is 1.00 bits per heavy atom. The van der Waals surface area contributed by atoms with Crippen LogP contribution in [0.2, 0.25) is 0 Å². The van der Waals surface area contributed by atoms with Crippen LogP contribution in [0.3, 0.4) is 0 Å². The molecule has 11 nitrogen and oxygen atoms in total. The molecule has 1 atom stereocenters. The molecule has 3 heterocycles. The van der Waals surface area contributed by atoms with Crippen LogP contribution >= 0.6 is 0 Å². The molecule has 2 amide bonds. The number of carbonyl (C=O) groups excluding carboxylic acids is 2. The highest BCUT2D eigenvalue weighted by atomic mass is 16.6. The minimum absolute atomic E-state index is 0.143. The Morgan fingerprint density at radius 3 is 2.32 bits per heavy atom. The van der Waals surface area contributed by atoms with E-state index in [2.05, 4.69) is 17.5 Å². The number of nitriles is 2. The van der Waals surface area contributed by atoms with Gasteiger partial charge in [-0.05, 0) is 95.0 Å². The number of aryl methyl sites for hydroxylation is 2. The number of carbonyl (C=O) groups is 2. The van der Waals surface area contributed by atoms with Gasteiger partial charge in [-0.2, -0.15) is 15.5 Å². The molecule has 44 heavy (non-hydrogen) atoms. The number of ether oxygens (including phenoxy) is 2. The number of nitrogens with one attached hydrogen (secondary N) is 1. The highest BCUT2D eigenvalue weighted by molar-refractivity contribution is 5.86. The fourth-order valence-electron chi connectivity index (χ4n) is 5.52. The molecular formula is C33H35N7O4. The highest BCUT2D eigenvalue weighted by Gasteiger charge is 2.40. The van der Waals surface area contributed by atoms with Gasteiger partial charge in [0.05, 0.1) is 41.1 Å². The van der Waals surface area contributed by atoms with Gasteiger partial charge in [0.2, 0.25) is 17.7 Å². The zero-order valence-corrected chi connectivity index (χ0v) is 25.6. The summed E-state index contributed by atoms with van der Waals surface area (Å²) in [6.07, 6.45) is 1.27. The van der Waals surface area contributed by atoms with Crippen LogP contribution in [0.1, 0.15) is 67.1 Å². The molecule has 0 saturated carbocycles. The smallest absolute Gasteiger partial charge is 0.410 e. The van der Waals surface area contributed by atoms with E-state index in [0.717, 1.165) is 23.2 Å². The van der Waals surface area contributed by atoms with E-state index in [9.17, 15) is 14.9 Å². The van der Waals surface area contributed by atoms with E-state index >= 15 is 0 Å². The lowest BCUT2D eigenvalue weighted by atomic mass is 10.0. The van der Waals surface area contributed by atoms with Crippen LogP contribution in [0, 0.1) is 36.5 Å². The Bertz CT molecular complexity index is 1660. The number of hydrogen-bond acceptors (Lipinski definition) is 9. The molecule has 0 aliphatic carbocycles. The van der Waals surface area contributed by atoms with Crippen LogP contribution in [0.15, 0.2) is 36.4 Å². The highest BCUT2D eigenvalue weighted by Crippen LogP contribution is 2.35. The zero-order chi connectivity index (χ0) is 31.6. The molecule has 3 aromatic rings. The van der Waals surface area contributed by atoms with Crippen LogP contribution in [0.25, 0.3) is 0 Å². The van der Waals surface area contributed by atoms with Crippen molar-refractivity contribution in [2.45, 2.75) is 72.1 Å². The average molecular weight is 594 g/mol. The summed E-state index contributed by atoms with van der Waals surface area (Å²) in [6.45, 7) is 10.3. The minimum atomic E-state index is -0.661. The monoisotopic (exact) mass is 593 g/mol. The average Bonchev–Trinajstić information content (AvgIpc) is 3.48. The van der Waals surface area contributed by atoms with Gasteiger partial charge < -0.3 is 19.7 Å². The lowest BCUT2D eigenvalue weighted by molar-refractivity contribution is -0.136. The van der Waals surface area contributed by atoms with E-state index in [-0.39, 0.29) is 12.5 Å². The van der Waals surface area contributed by atoms with Gasteiger partial charge >= 0.3 is 6.09 Å². The number of likely N-dealkylation sites (tertiary alicyclic amines) is 1. The van der Waals surface area contributed by atoms with Crippen molar-refractivity contribution < 1.29 is 19.1 Å². The summed E-state index contributed by atoms with van der Waals surface area (Å²) in [6, 6.07) is 14.1. The van der Waals surface area contributed by atoms with Crippen molar-refractivity contribution in [3.8, 4) is 23.8 Å². The molecule has 5 rings (SSSR count).